The van der Waals surface area contributed by atoms with Gasteiger partial charge >= 0.3 is 0 Å². The number of aromatic nitrogens is 2. The molecule has 3 N–H and O–H groups in total. The van der Waals surface area contributed by atoms with E-state index in [0.29, 0.717) is 41.6 Å². The molecule has 0 saturated heterocycles. The lowest BCUT2D eigenvalue weighted by Crippen LogP contribution is -2.35. The number of rotatable bonds is 10. The van der Waals surface area contributed by atoms with E-state index in [1.165, 1.54) is 16.7 Å². The Morgan fingerprint density at radius 2 is 1.94 bits per heavy atom. The third kappa shape index (κ3) is 6.56. The Labute approximate surface area is 194 Å². The Morgan fingerprint density at radius 1 is 1.15 bits per heavy atom. The third-order valence-corrected chi connectivity index (χ3v) is 5.28. The van der Waals surface area contributed by atoms with E-state index in [2.05, 4.69) is 15.6 Å². The van der Waals surface area contributed by atoms with Gasteiger partial charge in [-0.1, -0.05) is 12.1 Å². The van der Waals surface area contributed by atoms with Crippen LogP contribution in [0.4, 0.5) is 4.39 Å². The number of nitrogens with one attached hydrogen (secondary N) is 3. The van der Waals surface area contributed by atoms with Crippen LogP contribution in [0.15, 0.2) is 47.3 Å². The zero-order valence-corrected chi connectivity index (χ0v) is 19.0. The number of carbonyl (C=O) groups excluding carboxylic acids is 2. The molecule has 0 bridgehead atoms. The zero-order chi connectivity index (χ0) is 23.8. The number of amides is 2. The monoisotopic (exact) mass is 472 g/mol. The van der Waals surface area contributed by atoms with Crippen LogP contribution in [0.25, 0.3) is 10.9 Å². The van der Waals surface area contributed by atoms with Crippen LogP contribution >= 0.6 is 12.2 Å². The maximum Gasteiger partial charge on any atom is 0.262 e. The van der Waals surface area contributed by atoms with Crippen LogP contribution in [0, 0.1) is 10.6 Å². The Kier molecular flexibility index (Phi) is 8.45. The minimum atomic E-state index is -0.395. The fraction of sp³-hybridized carbons (Fsp3) is 0.304. The average Bonchev–Trinajstić information content (AvgIpc) is 2.78. The minimum absolute atomic E-state index is 0.0542. The highest BCUT2D eigenvalue weighted by atomic mass is 32.1. The molecule has 1 aromatic heterocycles. The predicted molar refractivity (Wildman–Crippen MR) is 125 cm³/mol. The van der Waals surface area contributed by atoms with Gasteiger partial charge in [0.1, 0.15) is 5.82 Å². The molecule has 0 fully saturated rings. The summed E-state index contributed by atoms with van der Waals surface area (Å²) in [5.41, 5.74) is 1.18. The number of carbonyl (C=O) groups is 2. The van der Waals surface area contributed by atoms with E-state index in [0.717, 1.165) is 0 Å². The molecule has 0 unspecified atom stereocenters. The molecule has 3 aromatic rings. The van der Waals surface area contributed by atoms with Crippen molar-refractivity contribution in [3.8, 4) is 0 Å². The summed E-state index contributed by atoms with van der Waals surface area (Å²) in [4.78, 5) is 40.2. The van der Waals surface area contributed by atoms with Gasteiger partial charge in [-0.15, -0.1) is 0 Å². The normalized spacial score (nSPS) is 10.8. The summed E-state index contributed by atoms with van der Waals surface area (Å²) in [6.45, 7) is 1.39. The number of benzene rings is 2. The highest BCUT2D eigenvalue weighted by Crippen LogP contribution is 2.11. The quantitative estimate of drug-likeness (QED) is 0.310. The van der Waals surface area contributed by atoms with E-state index in [4.69, 9.17) is 17.0 Å². The van der Waals surface area contributed by atoms with Crippen molar-refractivity contribution in [2.24, 2.45) is 0 Å². The van der Waals surface area contributed by atoms with Crippen molar-refractivity contribution in [2.45, 2.75) is 19.4 Å². The van der Waals surface area contributed by atoms with Crippen LogP contribution in [0.2, 0.25) is 0 Å². The fourth-order valence-corrected chi connectivity index (χ4v) is 3.62. The number of methoxy groups -OCH3 is 1. The Balaban J connectivity index is 1.56. The molecule has 2 amide bonds. The first-order valence-corrected chi connectivity index (χ1v) is 10.8. The Morgan fingerprint density at radius 3 is 2.70 bits per heavy atom. The van der Waals surface area contributed by atoms with E-state index in [1.807, 2.05) is 0 Å². The van der Waals surface area contributed by atoms with E-state index in [-0.39, 0.29) is 41.7 Å². The van der Waals surface area contributed by atoms with Crippen molar-refractivity contribution in [1.29, 1.82) is 0 Å². The number of halogens is 1. The predicted octanol–water partition coefficient (Wildman–Crippen LogP) is 2.32. The number of H-pyrrole nitrogens is 1. The highest BCUT2D eigenvalue weighted by Gasteiger charge is 2.11. The minimum Gasteiger partial charge on any atom is -0.385 e. The van der Waals surface area contributed by atoms with E-state index >= 15 is 0 Å². The van der Waals surface area contributed by atoms with Crippen molar-refractivity contribution in [3.05, 3.63) is 74.5 Å². The highest BCUT2D eigenvalue weighted by molar-refractivity contribution is 7.71. The summed E-state index contributed by atoms with van der Waals surface area (Å²) in [6.07, 6.45) is 0.706. The molecular formula is C23H25FN4O4S. The van der Waals surface area contributed by atoms with Crippen molar-refractivity contribution < 1.29 is 18.7 Å². The van der Waals surface area contributed by atoms with Crippen LogP contribution in [-0.2, 0) is 22.5 Å². The van der Waals surface area contributed by atoms with E-state index in [1.54, 1.807) is 37.4 Å². The molecule has 10 heteroatoms. The van der Waals surface area contributed by atoms with Gasteiger partial charge in [0.25, 0.3) is 11.5 Å². The first-order valence-electron chi connectivity index (χ1n) is 10.4. The lowest BCUT2D eigenvalue weighted by atomic mass is 10.1. The molecule has 33 heavy (non-hydrogen) atoms. The number of ether oxygens (including phenoxy) is 1. The lowest BCUT2D eigenvalue weighted by Gasteiger charge is -2.10. The third-order valence-electron chi connectivity index (χ3n) is 4.96. The molecule has 174 valence electrons. The number of fused-ring (bicyclic) bond motifs is 1. The molecule has 0 aliphatic heterocycles. The molecule has 1 heterocycles. The number of aromatic amines is 1. The average molecular weight is 473 g/mol. The van der Waals surface area contributed by atoms with E-state index < -0.39 is 5.82 Å². The summed E-state index contributed by atoms with van der Waals surface area (Å²) in [5.74, 6) is -1.01. The van der Waals surface area contributed by atoms with Gasteiger partial charge in [0.05, 0.1) is 17.3 Å². The van der Waals surface area contributed by atoms with Crippen LogP contribution in [0.5, 0.6) is 0 Å². The number of hydrogen-bond acceptors (Lipinski definition) is 5. The van der Waals surface area contributed by atoms with Crippen molar-refractivity contribution in [1.82, 2.24) is 20.2 Å². The van der Waals surface area contributed by atoms with Crippen molar-refractivity contribution >= 4 is 34.9 Å². The first-order chi connectivity index (χ1) is 15.9. The summed E-state index contributed by atoms with van der Waals surface area (Å²) in [5, 5.41) is 5.83. The summed E-state index contributed by atoms with van der Waals surface area (Å²) < 4.78 is 20.0. The molecule has 2 aromatic carbocycles. The second-order valence-corrected chi connectivity index (χ2v) is 7.79. The first kappa shape index (κ1) is 24.3. The molecule has 8 nitrogen and oxygen atoms in total. The summed E-state index contributed by atoms with van der Waals surface area (Å²) in [6, 6.07) is 10.6. The van der Waals surface area contributed by atoms with Crippen LogP contribution in [-0.4, -0.2) is 48.2 Å². The lowest BCUT2D eigenvalue weighted by molar-refractivity contribution is -0.120. The molecule has 0 spiro atoms. The fourth-order valence-electron chi connectivity index (χ4n) is 3.34. The SMILES string of the molecule is COCCCn1c(=S)[nH]c2cc(C(=O)NCCNC(=O)Cc3cccc(F)c3)ccc2c1=O. The molecular weight excluding hydrogens is 447 g/mol. The topological polar surface area (TPSA) is 105 Å². The van der Waals surface area contributed by atoms with Crippen molar-refractivity contribution in [2.75, 3.05) is 26.8 Å². The largest absolute Gasteiger partial charge is 0.385 e. The number of nitrogens with zero attached hydrogens (tertiary/aromatic N) is 1. The maximum absolute atomic E-state index is 13.2. The van der Waals surface area contributed by atoms with Gasteiger partial charge in [-0.25, -0.2) is 4.39 Å². The molecule has 0 atom stereocenters. The van der Waals surface area contributed by atoms with E-state index in [9.17, 15) is 18.8 Å². The molecule has 3 rings (SSSR count). The maximum atomic E-state index is 13.2. The standard InChI is InChI=1S/C23H25FN4O4S/c1-32-11-3-10-28-22(31)18-7-6-16(14-19(18)27-23(28)33)21(30)26-9-8-25-20(29)13-15-4-2-5-17(24)12-15/h2,4-7,12,14H,3,8-11,13H2,1H3,(H,25,29)(H,26,30)(H,27,33). The summed E-state index contributed by atoms with van der Waals surface area (Å²) in [7, 11) is 1.59. The van der Waals surface area contributed by atoms with Gasteiger partial charge in [-0.05, 0) is 54.5 Å². The smallest absolute Gasteiger partial charge is 0.262 e. The van der Waals surface area contributed by atoms with Gasteiger partial charge in [-0.2, -0.15) is 0 Å². The van der Waals surface area contributed by atoms with Crippen LogP contribution < -0.4 is 16.2 Å². The van der Waals surface area contributed by atoms with Crippen LogP contribution in [0.3, 0.4) is 0 Å². The van der Waals surface area contributed by atoms with Gasteiger partial charge in [0, 0.05) is 38.9 Å². The number of hydrogen-bond donors (Lipinski definition) is 3. The molecule has 0 aliphatic rings. The van der Waals surface area contributed by atoms with Gasteiger partial charge in [0.2, 0.25) is 5.91 Å². The summed E-state index contributed by atoms with van der Waals surface area (Å²) >= 11 is 5.29. The van der Waals surface area contributed by atoms with Crippen molar-refractivity contribution in [3.63, 3.8) is 0 Å². The molecule has 0 aliphatic carbocycles. The Hall–Kier alpha value is -3.37. The van der Waals surface area contributed by atoms with Gasteiger partial charge in [-0.3, -0.25) is 19.0 Å². The molecule has 0 radical (unpaired) electrons. The Bertz CT molecular complexity index is 1270. The van der Waals surface area contributed by atoms with Gasteiger partial charge in [0.15, 0.2) is 4.77 Å². The van der Waals surface area contributed by atoms with Gasteiger partial charge < -0.3 is 20.4 Å². The second kappa shape index (κ2) is 11.5. The second-order valence-electron chi connectivity index (χ2n) is 7.41. The molecule has 0 saturated carbocycles. The zero-order valence-electron chi connectivity index (χ0n) is 18.2. The van der Waals surface area contributed by atoms with Crippen LogP contribution in [0.1, 0.15) is 22.3 Å².